The highest BCUT2D eigenvalue weighted by molar-refractivity contribution is 5.80. The molecule has 0 saturated carbocycles. The number of methoxy groups -OCH3 is 1. The minimum Gasteiger partial charge on any atom is -0.468 e. The van der Waals surface area contributed by atoms with Crippen LogP contribution in [-0.4, -0.2) is 42.6 Å². The zero-order valence-electron chi connectivity index (χ0n) is 12.0. The summed E-state index contributed by atoms with van der Waals surface area (Å²) in [4.78, 5) is 13.9. The van der Waals surface area contributed by atoms with Crippen molar-refractivity contribution in [2.24, 2.45) is 5.73 Å². The number of esters is 1. The minimum atomic E-state index is -0.925. The number of rotatable bonds is 8. The second-order valence-corrected chi connectivity index (χ2v) is 4.99. The topological polar surface area (TPSA) is 55.6 Å². The maximum atomic E-state index is 11.6. The van der Waals surface area contributed by atoms with Crippen LogP contribution in [-0.2, 0) is 9.53 Å². The Bertz CT molecular complexity index is 229. The number of ether oxygens (including phenoxy) is 1. The highest BCUT2D eigenvalue weighted by Crippen LogP contribution is 2.12. The van der Waals surface area contributed by atoms with Crippen LogP contribution in [0.2, 0.25) is 0 Å². The van der Waals surface area contributed by atoms with Crippen molar-refractivity contribution in [1.29, 1.82) is 0 Å². The average Bonchev–Trinajstić information content (AvgIpc) is 2.32. The molecule has 0 aromatic rings. The van der Waals surface area contributed by atoms with E-state index in [1.165, 1.54) is 7.11 Å². The molecule has 0 aromatic carbocycles. The molecule has 2 N–H and O–H groups in total. The number of carbonyl (C=O) groups excluding carboxylic acids is 1. The molecule has 0 aliphatic heterocycles. The lowest BCUT2D eigenvalue weighted by molar-refractivity contribution is -0.147. The Morgan fingerprint density at radius 1 is 1.47 bits per heavy atom. The fourth-order valence-corrected chi connectivity index (χ4v) is 1.79. The van der Waals surface area contributed by atoms with Gasteiger partial charge in [0.2, 0.25) is 0 Å². The first-order valence-corrected chi connectivity index (χ1v) is 6.50. The summed E-state index contributed by atoms with van der Waals surface area (Å²) < 4.78 is 4.74. The van der Waals surface area contributed by atoms with Gasteiger partial charge in [-0.15, -0.1) is 0 Å². The summed E-state index contributed by atoms with van der Waals surface area (Å²) in [5, 5.41) is 0. The first-order valence-electron chi connectivity index (χ1n) is 6.50. The number of unbranched alkanes of at least 4 members (excludes halogenated alkanes) is 1. The van der Waals surface area contributed by atoms with E-state index in [4.69, 9.17) is 10.5 Å². The second kappa shape index (κ2) is 7.67. The monoisotopic (exact) mass is 244 g/mol. The Kier molecular flexibility index (Phi) is 7.39. The predicted octanol–water partition coefficient (Wildman–Crippen LogP) is 1.78. The Balaban J connectivity index is 4.55. The molecule has 4 heteroatoms. The van der Waals surface area contributed by atoms with Crippen molar-refractivity contribution >= 4 is 5.97 Å². The molecular formula is C13H28N2O2. The number of nitrogens with two attached hydrogens (primary N) is 1. The smallest absolute Gasteiger partial charge is 0.326 e. The van der Waals surface area contributed by atoms with Gasteiger partial charge in [-0.3, -0.25) is 9.69 Å². The van der Waals surface area contributed by atoms with Crippen LogP contribution >= 0.6 is 0 Å². The van der Waals surface area contributed by atoms with Gasteiger partial charge in [-0.2, -0.15) is 0 Å². The summed E-state index contributed by atoms with van der Waals surface area (Å²) in [5.41, 5.74) is 5.10. The van der Waals surface area contributed by atoms with Gasteiger partial charge in [0, 0.05) is 12.6 Å². The third-order valence-electron chi connectivity index (χ3n) is 3.20. The van der Waals surface area contributed by atoms with E-state index in [-0.39, 0.29) is 5.97 Å². The molecule has 2 atom stereocenters. The van der Waals surface area contributed by atoms with Gasteiger partial charge in [-0.1, -0.05) is 20.3 Å². The Hall–Kier alpha value is -0.610. The largest absolute Gasteiger partial charge is 0.468 e. The molecule has 2 unspecified atom stereocenters. The standard InChI is InChI=1S/C13H28N2O2/c1-6-8-9-15(11(3)7-2)10-13(4,14)12(16)17-5/h11H,6-10,14H2,1-5H3. The minimum absolute atomic E-state index is 0.345. The fourth-order valence-electron chi connectivity index (χ4n) is 1.79. The third kappa shape index (κ3) is 5.50. The van der Waals surface area contributed by atoms with E-state index in [0.717, 1.165) is 25.8 Å². The third-order valence-corrected chi connectivity index (χ3v) is 3.20. The van der Waals surface area contributed by atoms with Crippen LogP contribution in [0.25, 0.3) is 0 Å². The molecule has 17 heavy (non-hydrogen) atoms. The quantitative estimate of drug-likeness (QED) is 0.661. The zero-order valence-corrected chi connectivity index (χ0v) is 12.0. The second-order valence-electron chi connectivity index (χ2n) is 4.99. The van der Waals surface area contributed by atoms with Crippen molar-refractivity contribution in [2.75, 3.05) is 20.2 Å². The Labute approximate surface area is 105 Å². The van der Waals surface area contributed by atoms with Gasteiger partial charge in [0.25, 0.3) is 0 Å². The van der Waals surface area contributed by atoms with E-state index in [1.807, 2.05) is 0 Å². The predicted molar refractivity (Wildman–Crippen MR) is 70.8 cm³/mol. The van der Waals surface area contributed by atoms with Crippen LogP contribution in [0.15, 0.2) is 0 Å². The lowest BCUT2D eigenvalue weighted by Gasteiger charge is -2.34. The highest BCUT2D eigenvalue weighted by atomic mass is 16.5. The molecule has 0 saturated heterocycles. The Morgan fingerprint density at radius 2 is 2.06 bits per heavy atom. The molecule has 0 fully saturated rings. The zero-order chi connectivity index (χ0) is 13.5. The first kappa shape index (κ1) is 16.4. The van der Waals surface area contributed by atoms with Crippen molar-refractivity contribution in [3.63, 3.8) is 0 Å². The summed E-state index contributed by atoms with van der Waals surface area (Å²) in [5.74, 6) is -0.345. The van der Waals surface area contributed by atoms with Crippen molar-refractivity contribution in [1.82, 2.24) is 4.90 Å². The van der Waals surface area contributed by atoms with Gasteiger partial charge in [-0.25, -0.2) is 0 Å². The number of nitrogens with zero attached hydrogens (tertiary/aromatic N) is 1. The Morgan fingerprint density at radius 3 is 2.47 bits per heavy atom. The van der Waals surface area contributed by atoms with E-state index in [9.17, 15) is 4.79 Å². The molecular weight excluding hydrogens is 216 g/mol. The summed E-state index contributed by atoms with van der Waals surface area (Å²) in [6, 6.07) is 0.439. The van der Waals surface area contributed by atoms with Crippen LogP contribution in [0.3, 0.4) is 0 Å². The molecule has 0 radical (unpaired) electrons. The van der Waals surface area contributed by atoms with Crippen molar-refractivity contribution in [3.8, 4) is 0 Å². The number of carbonyl (C=O) groups is 1. The van der Waals surface area contributed by atoms with Gasteiger partial charge < -0.3 is 10.5 Å². The highest BCUT2D eigenvalue weighted by Gasteiger charge is 2.32. The van der Waals surface area contributed by atoms with Crippen LogP contribution in [0.5, 0.6) is 0 Å². The van der Waals surface area contributed by atoms with Crippen molar-refractivity contribution in [2.45, 2.75) is 58.5 Å². The maximum absolute atomic E-state index is 11.6. The van der Waals surface area contributed by atoms with Crippen LogP contribution < -0.4 is 5.73 Å². The van der Waals surface area contributed by atoms with E-state index in [0.29, 0.717) is 12.6 Å². The SMILES string of the molecule is CCCCN(CC(C)(N)C(=O)OC)C(C)CC. The fraction of sp³-hybridized carbons (Fsp3) is 0.923. The first-order chi connectivity index (χ1) is 7.88. The number of hydrogen-bond acceptors (Lipinski definition) is 4. The molecule has 0 aliphatic rings. The lowest BCUT2D eigenvalue weighted by Crippen LogP contribution is -2.56. The van der Waals surface area contributed by atoms with Crippen molar-refractivity contribution in [3.05, 3.63) is 0 Å². The molecule has 0 rings (SSSR count). The van der Waals surface area contributed by atoms with Gasteiger partial charge in [-0.05, 0) is 33.2 Å². The molecule has 0 bridgehead atoms. The average molecular weight is 244 g/mol. The molecule has 4 nitrogen and oxygen atoms in total. The summed E-state index contributed by atoms with van der Waals surface area (Å²) in [7, 11) is 1.38. The van der Waals surface area contributed by atoms with Gasteiger partial charge in [0.05, 0.1) is 7.11 Å². The van der Waals surface area contributed by atoms with E-state index >= 15 is 0 Å². The lowest BCUT2D eigenvalue weighted by atomic mass is 10.0. The molecule has 0 aromatic heterocycles. The normalized spacial score (nSPS) is 16.6. The van der Waals surface area contributed by atoms with Crippen LogP contribution in [0.4, 0.5) is 0 Å². The molecule has 102 valence electrons. The van der Waals surface area contributed by atoms with Crippen molar-refractivity contribution < 1.29 is 9.53 Å². The number of hydrogen-bond donors (Lipinski definition) is 1. The van der Waals surface area contributed by atoms with Gasteiger partial charge >= 0.3 is 5.97 Å². The van der Waals surface area contributed by atoms with Crippen LogP contribution in [0.1, 0.15) is 47.0 Å². The summed E-state index contributed by atoms with van der Waals surface area (Å²) >= 11 is 0. The summed E-state index contributed by atoms with van der Waals surface area (Å²) in [6.07, 6.45) is 3.33. The van der Waals surface area contributed by atoms with E-state index in [1.54, 1.807) is 6.92 Å². The van der Waals surface area contributed by atoms with E-state index in [2.05, 4.69) is 25.7 Å². The van der Waals surface area contributed by atoms with Gasteiger partial charge in [0.1, 0.15) is 5.54 Å². The van der Waals surface area contributed by atoms with Gasteiger partial charge in [0.15, 0.2) is 0 Å². The van der Waals surface area contributed by atoms with E-state index < -0.39 is 5.54 Å². The summed E-state index contributed by atoms with van der Waals surface area (Å²) in [6.45, 7) is 9.75. The molecule has 0 aliphatic carbocycles. The molecule has 0 spiro atoms. The van der Waals surface area contributed by atoms with Crippen LogP contribution in [0, 0.1) is 0 Å². The molecule has 0 heterocycles. The molecule has 0 amide bonds. The maximum Gasteiger partial charge on any atom is 0.326 e.